The third-order valence-electron chi connectivity index (χ3n) is 3.75. The van der Waals surface area contributed by atoms with Gasteiger partial charge < -0.3 is 14.4 Å². The normalized spacial score (nSPS) is 10.9. The van der Waals surface area contributed by atoms with Crippen LogP contribution in [-0.4, -0.2) is 15.6 Å². The van der Waals surface area contributed by atoms with E-state index in [1.54, 1.807) is 24.3 Å². The van der Waals surface area contributed by atoms with Gasteiger partial charge in [-0.1, -0.05) is 12.1 Å². The van der Waals surface area contributed by atoms with Crippen molar-refractivity contribution in [2.45, 2.75) is 20.1 Å². The number of hydrogen-bond acceptors (Lipinski definition) is 2. The number of rotatable bonds is 5. The monoisotopic (exact) mass is 313 g/mol. The van der Waals surface area contributed by atoms with E-state index in [2.05, 4.69) is 0 Å². The molecule has 0 aliphatic heterocycles. The first-order valence-electron chi connectivity index (χ1n) is 7.33. The fourth-order valence-electron chi connectivity index (χ4n) is 2.72. The van der Waals surface area contributed by atoms with Crippen LogP contribution in [0.1, 0.15) is 23.0 Å². The Bertz CT molecular complexity index is 853. The number of ether oxygens (including phenoxy) is 1. The summed E-state index contributed by atoms with van der Waals surface area (Å²) in [7, 11) is 0. The highest BCUT2D eigenvalue weighted by atomic mass is 19.1. The molecule has 1 aromatic heterocycles. The zero-order chi connectivity index (χ0) is 16.4. The minimum atomic E-state index is -0.950. The van der Waals surface area contributed by atoms with Crippen LogP contribution in [0.4, 0.5) is 4.39 Å². The number of carbonyl (C=O) groups is 1. The maximum absolute atomic E-state index is 12.9. The Labute approximate surface area is 132 Å². The van der Waals surface area contributed by atoms with Crippen LogP contribution in [0.5, 0.6) is 5.75 Å². The van der Waals surface area contributed by atoms with Gasteiger partial charge in [0.05, 0.1) is 16.8 Å². The van der Waals surface area contributed by atoms with Crippen LogP contribution in [0, 0.1) is 5.82 Å². The maximum Gasteiger partial charge on any atom is 0.337 e. The van der Waals surface area contributed by atoms with Crippen molar-refractivity contribution >= 4 is 16.9 Å². The molecule has 4 nitrogen and oxygen atoms in total. The van der Waals surface area contributed by atoms with Gasteiger partial charge in [-0.3, -0.25) is 0 Å². The van der Waals surface area contributed by atoms with Crippen molar-refractivity contribution in [3.63, 3.8) is 0 Å². The lowest BCUT2D eigenvalue weighted by Gasteiger charge is -2.11. The number of nitrogens with zero attached hydrogens (tertiary/aromatic N) is 1. The summed E-state index contributed by atoms with van der Waals surface area (Å²) in [4.78, 5) is 11.4. The van der Waals surface area contributed by atoms with Gasteiger partial charge in [0.15, 0.2) is 0 Å². The van der Waals surface area contributed by atoms with Gasteiger partial charge in [0, 0.05) is 11.9 Å². The molecule has 0 bridgehead atoms. The second kappa shape index (κ2) is 6.12. The molecule has 5 heteroatoms. The smallest absolute Gasteiger partial charge is 0.337 e. The number of aromatic nitrogens is 1. The van der Waals surface area contributed by atoms with E-state index >= 15 is 0 Å². The molecule has 118 valence electrons. The van der Waals surface area contributed by atoms with E-state index in [4.69, 9.17) is 4.74 Å². The van der Waals surface area contributed by atoms with Crippen LogP contribution in [0.25, 0.3) is 10.9 Å². The third-order valence-corrected chi connectivity index (χ3v) is 3.75. The van der Waals surface area contributed by atoms with E-state index in [1.165, 1.54) is 12.1 Å². The first-order chi connectivity index (χ1) is 11.1. The summed E-state index contributed by atoms with van der Waals surface area (Å²) >= 11 is 0. The highest BCUT2D eigenvalue weighted by Crippen LogP contribution is 2.25. The van der Waals surface area contributed by atoms with E-state index in [9.17, 15) is 14.3 Å². The van der Waals surface area contributed by atoms with Crippen molar-refractivity contribution in [2.24, 2.45) is 0 Å². The Morgan fingerprint density at radius 1 is 1.22 bits per heavy atom. The summed E-state index contributed by atoms with van der Waals surface area (Å²) < 4.78 is 20.5. The lowest BCUT2D eigenvalue weighted by molar-refractivity contribution is 0.0698. The first-order valence-corrected chi connectivity index (χ1v) is 7.33. The molecule has 3 rings (SSSR count). The average Bonchev–Trinajstić information content (AvgIpc) is 2.91. The van der Waals surface area contributed by atoms with Crippen LogP contribution < -0.4 is 4.74 Å². The second-order valence-corrected chi connectivity index (χ2v) is 5.17. The van der Waals surface area contributed by atoms with Crippen LogP contribution >= 0.6 is 0 Å². The van der Waals surface area contributed by atoms with Gasteiger partial charge in [0.1, 0.15) is 18.2 Å². The van der Waals surface area contributed by atoms with Gasteiger partial charge in [-0.2, -0.15) is 0 Å². The zero-order valence-electron chi connectivity index (χ0n) is 12.6. The summed E-state index contributed by atoms with van der Waals surface area (Å²) in [5.74, 6) is -0.696. The van der Waals surface area contributed by atoms with E-state index in [1.807, 2.05) is 23.6 Å². The molecule has 0 unspecified atom stereocenters. The minimum Gasteiger partial charge on any atom is -0.487 e. The van der Waals surface area contributed by atoms with E-state index in [0.29, 0.717) is 17.8 Å². The maximum atomic E-state index is 12.9. The largest absolute Gasteiger partial charge is 0.487 e. The predicted molar refractivity (Wildman–Crippen MR) is 85.3 cm³/mol. The number of carboxylic acid groups (broad SMARTS) is 1. The second-order valence-electron chi connectivity index (χ2n) is 5.17. The minimum absolute atomic E-state index is 0.275. The number of halogens is 1. The molecule has 0 radical (unpaired) electrons. The molecule has 0 saturated carbocycles. The van der Waals surface area contributed by atoms with E-state index in [0.717, 1.165) is 11.1 Å². The van der Waals surface area contributed by atoms with E-state index < -0.39 is 5.97 Å². The van der Waals surface area contributed by atoms with Gasteiger partial charge in [0.25, 0.3) is 0 Å². The summed E-state index contributed by atoms with van der Waals surface area (Å²) in [5, 5.41) is 10.2. The molecule has 2 aromatic carbocycles. The molecule has 0 amide bonds. The van der Waals surface area contributed by atoms with Gasteiger partial charge in [-0.05, 0) is 43.3 Å². The van der Waals surface area contributed by atoms with Gasteiger partial charge >= 0.3 is 5.97 Å². The van der Waals surface area contributed by atoms with Crippen LogP contribution in [0.15, 0.2) is 48.5 Å². The van der Waals surface area contributed by atoms with Crippen molar-refractivity contribution in [1.29, 1.82) is 0 Å². The number of aromatic carboxylic acids is 1. The Hall–Kier alpha value is -2.82. The molecule has 0 spiro atoms. The summed E-state index contributed by atoms with van der Waals surface area (Å²) in [6.45, 7) is 2.88. The highest BCUT2D eigenvalue weighted by molar-refractivity contribution is 6.02. The van der Waals surface area contributed by atoms with Gasteiger partial charge in [0.2, 0.25) is 0 Å². The molecular formula is C18H16FNO3. The zero-order valence-corrected chi connectivity index (χ0v) is 12.6. The molecule has 23 heavy (non-hydrogen) atoms. The SMILES string of the molecule is CCn1c(COc2ccc(F)cc2)cc2cccc(C(=O)O)c21. The Morgan fingerprint density at radius 2 is 1.96 bits per heavy atom. The number of para-hydroxylation sites is 1. The van der Waals surface area contributed by atoms with Crippen molar-refractivity contribution in [1.82, 2.24) is 4.57 Å². The fourth-order valence-corrected chi connectivity index (χ4v) is 2.72. The highest BCUT2D eigenvalue weighted by Gasteiger charge is 2.15. The lowest BCUT2D eigenvalue weighted by Crippen LogP contribution is -2.07. The number of benzene rings is 2. The van der Waals surface area contributed by atoms with Crippen molar-refractivity contribution < 1.29 is 19.0 Å². The van der Waals surface area contributed by atoms with Gasteiger partial charge in [-0.25, -0.2) is 9.18 Å². The lowest BCUT2D eigenvalue weighted by atomic mass is 10.1. The Kier molecular flexibility index (Phi) is 4.02. The molecule has 0 atom stereocenters. The standard InChI is InChI=1S/C18H16FNO3/c1-2-20-14(11-23-15-8-6-13(19)7-9-15)10-12-4-3-5-16(17(12)20)18(21)22/h3-10H,2,11H2,1H3,(H,21,22). The van der Waals surface area contributed by atoms with Crippen LogP contribution in [0.2, 0.25) is 0 Å². The predicted octanol–water partition coefficient (Wildman–Crippen LogP) is 4.08. The molecule has 1 N–H and O–H groups in total. The first kappa shape index (κ1) is 15.1. The van der Waals surface area contributed by atoms with E-state index in [-0.39, 0.29) is 18.0 Å². The summed E-state index contributed by atoms with van der Waals surface area (Å²) in [6.07, 6.45) is 0. The fraction of sp³-hybridized carbons (Fsp3) is 0.167. The number of fused-ring (bicyclic) bond motifs is 1. The molecule has 0 fully saturated rings. The topological polar surface area (TPSA) is 51.5 Å². The van der Waals surface area contributed by atoms with Gasteiger partial charge in [-0.15, -0.1) is 0 Å². The van der Waals surface area contributed by atoms with Crippen molar-refractivity contribution in [3.8, 4) is 5.75 Å². The number of carboxylic acids is 1. The number of hydrogen-bond donors (Lipinski definition) is 1. The molecule has 0 aliphatic carbocycles. The Balaban J connectivity index is 1.96. The molecule has 0 aliphatic rings. The molecule has 1 heterocycles. The average molecular weight is 313 g/mol. The summed E-state index contributed by atoms with van der Waals surface area (Å²) in [5.41, 5.74) is 1.85. The summed E-state index contributed by atoms with van der Waals surface area (Å²) in [6, 6.07) is 13.0. The van der Waals surface area contributed by atoms with Crippen molar-refractivity contribution in [3.05, 3.63) is 65.6 Å². The number of aryl methyl sites for hydroxylation is 1. The van der Waals surface area contributed by atoms with Crippen LogP contribution in [0.3, 0.4) is 0 Å². The molecule has 0 saturated heterocycles. The van der Waals surface area contributed by atoms with Crippen molar-refractivity contribution in [2.75, 3.05) is 0 Å². The third kappa shape index (κ3) is 2.90. The quantitative estimate of drug-likeness (QED) is 0.772. The molecule has 3 aromatic rings. The van der Waals surface area contributed by atoms with Crippen LogP contribution in [-0.2, 0) is 13.2 Å². The Morgan fingerprint density at radius 3 is 2.61 bits per heavy atom. The molecular weight excluding hydrogens is 297 g/mol.